The van der Waals surface area contributed by atoms with Gasteiger partial charge in [-0.05, 0) is 37.1 Å². The van der Waals surface area contributed by atoms with Crippen LogP contribution < -0.4 is 0 Å². The molecule has 0 radical (unpaired) electrons. The summed E-state index contributed by atoms with van der Waals surface area (Å²) in [6.45, 7) is 4.28. The number of rotatable bonds is 5. The normalized spacial score (nSPS) is 14.2. The SMILES string of the molecule is CCC(C)n1ccc(CC(O)c2ccc(Br)cc2Br)n1. The molecule has 1 aromatic carbocycles. The van der Waals surface area contributed by atoms with Crippen LogP contribution in [0.4, 0.5) is 0 Å². The lowest BCUT2D eigenvalue weighted by Gasteiger charge is -2.12. The summed E-state index contributed by atoms with van der Waals surface area (Å²) in [5.41, 5.74) is 1.79. The quantitative estimate of drug-likeness (QED) is 0.791. The molecule has 0 fully saturated rings. The molecule has 20 heavy (non-hydrogen) atoms. The molecule has 5 heteroatoms. The highest BCUT2D eigenvalue weighted by molar-refractivity contribution is 9.11. The minimum absolute atomic E-state index is 0.389. The van der Waals surface area contributed by atoms with Gasteiger partial charge >= 0.3 is 0 Å². The first kappa shape index (κ1) is 15.7. The fraction of sp³-hybridized carbons (Fsp3) is 0.400. The minimum atomic E-state index is -0.558. The van der Waals surface area contributed by atoms with E-state index < -0.39 is 6.10 Å². The molecule has 1 aromatic heterocycles. The molecular formula is C15H18Br2N2O. The van der Waals surface area contributed by atoms with E-state index in [9.17, 15) is 5.11 Å². The lowest BCUT2D eigenvalue weighted by molar-refractivity contribution is 0.176. The highest BCUT2D eigenvalue weighted by Gasteiger charge is 2.14. The first-order chi connectivity index (χ1) is 9.51. The number of aliphatic hydroxyl groups is 1. The molecule has 2 aromatic rings. The van der Waals surface area contributed by atoms with Crippen LogP contribution in [0.25, 0.3) is 0 Å². The van der Waals surface area contributed by atoms with Gasteiger partial charge in [-0.25, -0.2) is 0 Å². The van der Waals surface area contributed by atoms with Gasteiger partial charge < -0.3 is 5.11 Å². The Kier molecular flexibility index (Phi) is 5.41. The van der Waals surface area contributed by atoms with Crippen LogP contribution in [0.1, 0.15) is 43.7 Å². The summed E-state index contributed by atoms with van der Waals surface area (Å²) in [5.74, 6) is 0. The molecule has 0 aliphatic carbocycles. The van der Waals surface area contributed by atoms with Gasteiger partial charge in [-0.2, -0.15) is 5.10 Å². The van der Waals surface area contributed by atoms with E-state index in [-0.39, 0.29) is 0 Å². The lowest BCUT2D eigenvalue weighted by atomic mass is 10.1. The Labute approximate surface area is 136 Å². The molecule has 0 saturated heterocycles. The van der Waals surface area contributed by atoms with Crippen LogP contribution in [-0.4, -0.2) is 14.9 Å². The molecule has 2 unspecified atom stereocenters. The molecule has 2 rings (SSSR count). The smallest absolute Gasteiger partial charge is 0.0857 e. The van der Waals surface area contributed by atoms with Crippen molar-refractivity contribution < 1.29 is 5.11 Å². The molecule has 0 spiro atoms. The van der Waals surface area contributed by atoms with E-state index in [0.717, 1.165) is 26.6 Å². The second kappa shape index (κ2) is 6.87. The molecule has 0 amide bonds. The van der Waals surface area contributed by atoms with Crippen molar-refractivity contribution in [1.82, 2.24) is 9.78 Å². The van der Waals surface area contributed by atoms with Gasteiger partial charge in [0.25, 0.3) is 0 Å². The number of halogens is 2. The molecular weight excluding hydrogens is 384 g/mol. The Morgan fingerprint density at radius 2 is 2.05 bits per heavy atom. The van der Waals surface area contributed by atoms with Crippen LogP contribution in [0, 0.1) is 0 Å². The van der Waals surface area contributed by atoms with E-state index in [1.807, 2.05) is 35.1 Å². The average Bonchev–Trinajstić information content (AvgIpc) is 2.86. The van der Waals surface area contributed by atoms with Gasteiger partial charge in [-0.3, -0.25) is 4.68 Å². The van der Waals surface area contributed by atoms with Crippen LogP contribution in [0.2, 0.25) is 0 Å². The molecule has 2 atom stereocenters. The Hall–Kier alpha value is -0.650. The van der Waals surface area contributed by atoms with Gasteiger partial charge in [-0.1, -0.05) is 44.8 Å². The maximum atomic E-state index is 10.4. The number of benzene rings is 1. The van der Waals surface area contributed by atoms with Crippen LogP contribution in [-0.2, 0) is 6.42 Å². The zero-order valence-corrected chi connectivity index (χ0v) is 14.7. The van der Waals surface area contributed by atoms with Crippen LogP contribution in [0.5, 0.6) is 0 Å². The van der Waals surface area contributed by atoms with E-state index in [0.29, 0.717) is 12.5 Å². The largest absolute Gasteiger partial charge is 0.388 e. The maximum Gasteiger partial charge on any atom is 0.0857 e. The van der Waals surface area contributed by atoms with Gasteiger partial charge in [0.05, 0.1) is 11.8 Å². The molecule has 1 N–H and O–H groups in total. The number of aromatic nitrogens is 2. The summed E-state index contributed by atoms with van der Waals surface area (Å²) in [6.07, 6.45) is 2.98. The lowest BCUT2D eigenvalue weighted by Crippen LogP contribution is -2.07. The fourth-order valence-corrected chi connectivity index (χ4v) is 3.31. The Morgan fingerprint density at radius 3 is 2.70 bits per heavy atom. The third kappa shape index (κ3) is 3.71. The van der Waals surface area contributed by atoms with E-state index >= 15 is 0 Å². The zero-order chi connectivity index (χ0) is 14.7. The highest BCUT2D eigenvalue weighted by atomic mass is 79.9. The predicted molar refractivity (Wildman–Crippen MR) is 87.7 cm³/mol. The molecule has 3 nitrogen and oxygen atoms in total. The van der Waals surface area contributed by atoms with E-state index in [1.165, 1.54) is 0 Å². The van der Waals surface area contributed by atoms with Gasteiger partial charge in [0, 0.05) is 27.6 Å². The van der Waals surface area contributed by atoms with E-state index in [1.54, 1.807) is 0 Å². The third-order valence-electron chi connectivity index (χ3n) is 3.43. The summed E-state index contributed by atoms with van der Waals surface area (Å²) >= 11 is 6.90. The van der Waals surface area contributed by atoms with Crippen molar-refractivity contribution >= 4 is 31.9 Å². The van der Waals surface area contributed by atoms with Crippen LogP contribution in [0.15, 0.2) is 39.4 Å². The van der Waals surface area contributed by atoms with Gasteiger partial charge in [0.1, 0.15) is 0 Å². The van der Waals surface area contributed by atoms with Crippen molar-refractivity contribution in [3.05, 3.63) is 50.7 Å². The van der Waals surface area contributed by atoms with Crippen molar-refractivity contribution in [2.75, 3.05) is 0 Å². The molecule has 1 heterocycles. The Bertz CT molecular complexity index is 583. The van der Waals surface area contributed by atoms with E-state index in [4.69, 9.17) is 0 Å². The third-order valence-corrected chi connectivity index (χ3v) is 4.61. The number of nitrogens with zero attached hydrogens (tertiary/aromatic N) is 2. The topological polar surface area (TPSA) is 38.0 Å². The van der Waals surface area contributed by atoms with Crippen molar-refractivity contribution in [3.8, 4) is 0 Å². The highest BCUT2D eigenvalue weighted by Crippen LogP contribution is 2.28. The van der Waals surface area contributed by atoms with Crippen molar-refractivity contribution in [2.45, 2.75) is 38.8 Å². The summed E-state index contributed by atoms with van der Waals surface area (Å²) < 4.78 is 3.85. The van der Waals surface area contributed by atoms with Crippen LogP contribution in [0.3, 0.4) is 0 Å². The Morgan fingerprint density at radius 1 is 1.30 bits per heavy atom. The molecule has 0 aliphatic heterocycles. The van der Waals surface area contributed by atoms with Crippen molar-refractivity contribution in [1.29, 1.82) is 0 Å². The maximum absolute atomic E-state index is 10.4. The van der Waals surface area contributed by atoms with Gasteiger partial charge in [0.2, 0.25) is 0 Å². The fourth-order valence-electron chi connectivity index (χ4n) is 2.00. The average molecular weight is 402 g/mol. The van der Waals surface area contributed by atoms with Crippen molar-refractivity contribution in [2.24, 2.45) is 0 Å². The summed E-state index contributed by atoms with van der Waals surface area (Å²) in [4.78, 5) is 0. The Balaban J connectivity index is 2.11. The number of hydrogen-bond donors (Lipinski definition) is 1. The summed E-state index contributed by atoms with van der Waals surface area (Å²) in [5, 5.41) is 14.9. The first-order valence-corrected chi connectivity index (χ1v) is 8.27. The zero-order valence-electron chi connectivity index (χ0n) is 11.6. The summed E-state index contributed by atoms with van der Waals surface area (Å²) in [6, 6.07) is 8.16. The standard InChI is InChI=1S/C15H18Br2N2O/c1-3-10(2)19-7-6-12(18-19)9-15(20)13-5-4-11(16)8-14(13)17/h4-8,10,15,20H,3,9H2,1-2H3. The van der Waals surface area contributed by atoms with Gasteiger partial charge in [0.15, 0.2) is 0 Å². The monoisotopic (exact) mass is 400 g/mol. The van der Waals surface area contributed by atoms with Crippen LogP contribution >= 0.6 is 31.9 Å². The number of hydrogen-bond acceptors (Lipinski definition) is 2. The predicted octanol–water partition coefficient (Wildman–Crippen LogP) is 4.66. The molecule has 0 bridgehead atoms. The molecule has 0 saturated carbocycles. The van der Waals surface area contributed by atoms with Crippen molar-refractivity contribution in [3.63, 3.8) is 0 Å². The first-order valence-electron chi connectivity index (χ1n) is 6.68. The molecule has 0 aliphatic rings. The summed E-state index contributed by atoms with van der Waals surface area (Å²) in [7, 11) is 0. The number of aliphatic hydroxyl groups excluding tert-OH is 1. The van der Waals surface area contributed by atoms with Gasteiger partial charge in [-0.15, -0.1) is 0 Å². The molecule has 108 valence electrons. The second-order valence-electron chi connectivity index (χ2n) is 4.93. The second-order valence-corrected chi connectivity index (χ2v) is 6.70. The minimum Gasteiger partial charge on any atom is -0.388 e. The van der Waals surface area contributed by atoms with E-state index in [2.05, 4.69) is 50.8 Å².